The van der Waals surface area contributed by atoms with Crippen LogP contribution < -0.4 is 4.74 Å². The summed E-state index contributed by atoms with van der Waals surface area (Å²) in [6, 6.07) is 11.9. The monoisotopic (exact) mass is 418 g/mol. The number of para-hydroxylation sites is 1. The van der Waals surface area contributed by atoms with Crippen LogP contribution in [0.5, 0.6) is 5.88 Å². The first-order valence-corrected chi connectivity index (χ1v) is 10.5. The Morgan fingerprint density at radius 1 is 1.19 bits per heavy atom. The summed E-state index contributed by atoms with van der Waals surface area (Å²) in [7, 11) is 0. The van der Waals surface area contributed by atoms with Crippen molar-refractivity contribution >= 4 is 22.5 Å². The molecule has 3 aromatic heterocycles. The lowest BCUT2D eigenvalue weighted by molar-refractivity contribution is -0.143. The molecule has 6 rings (SSSR count). The Bertz CT molecular complexity index is 1270. The van der Waals surface area contributed by atoms with Gasteiger partial charge in [0.2, 0.25) is 5.88 Å². The minimum absolute atomic E-state index is 0.0480. The third kappa shape index (κ3) is 3.04. The summed E-state index contributed by atoms with van der Waals surface area (Å²) in [5.74, 6) is 0.320. The lowest BCUT2D eigenvalue weighted by atomic mass is 9.83. The molecule has 4 aromatic rings. The zero-order valence-corrected chi connectivity index (χ0v) is 17.0. The number of fused-ring (bicyclic) bond motifs is 5. The van der Waals surface area contributed by atoms with Crippen LogP contribution in [0.4, 0.5) is 0 Å². The molecular formula is C22H22N6O3. The van der Waals surface area contributed by atoms with Crippen molar-refractivity contribution in [1.82, 2.24) is 29.7 Å². The molecule has 2 aliphatic rings. The van der Waals surface area contributed by atoms with E-state index in [4.69, 9.17) is 9.47 Å². The normalized spacial score (nSPS) is 17.9. The molecule has 1 N–H and O–H groups in total. The van der Waals surface area contributed by atoms with Crippen LogP contribution >= 0.6 is 0 Å². The molecule has 0 unspecified atom stereocenters. The number of aromatic amines is 1. The molecule has 0 bridgehead atoms. The van der Waals surface area contributed by atoms with Gasteiger partial charge in [0.25, 0.3) is 5.91 Å². The van der Waals surface area contributed by atoms with E-state index in [0.29, 0.717) is 31.2 Å². The SMILES string of the molecule is O=C(COc1ccc2nncn2n1)N1CCC2(CC1)OCCc1c2[nH]c2ccccc12. The highest BCUT2D eigenvalue weighted by Crippen LogP contribution is 2.43. The van der Waals surface area contributed by atoms with Gasteiger partial charge in [0.05, 0.1) is 12.3 Å². The average molecular weight is 418 g/mol. The van der Waals surface area contributed by atoms with Gasteiger partial charge in [0.1, 0.15) is 11.9 Å². The van der Waals surface area contributed by atoms with Gasteiger partial charge in [-0.25, -0.2) is 0 Å². The molecule has 1 saturated heterocycles. The van der Waals surface area contributed by atoms with Crippen LogP contribution in [0.1, 0.15) is 24.1 Å². The molecule has 9 heteroatoms. The second-order valence-corrected chi connectivity index (χ2v) is 8.09. The quantitative estimate of drug-likeness (QED) is 0.547. The van der Waals surface area contributed by atoms with Gasteiger partial charge >= 0.3 is 0 Å². The molecular weight excluding hydrogens is 396 g/mol. The number of carbonyl (C=O) groups is 1. The van der Waals surface area contributed by atoms with Crippen LogP contribution in [-0.2, 0) is 21.6 Å². The first-order chi connectivity index (χ1) is 15.2. The number of nitrogens with zero attached hydrogens (tertiary/aromatic N) is 5. The summed E-state index contributed by atoms with van der Waals surface area (Å²) in [6.45, 7) is 1.93. The van der Waals surface area contributed by atoms with Gasteiger partial charge < -0.3 is 19.4 Å². The number of hydrogen-bond donors (Lipinski definition) is 1. The Balaban J connectivity index is 1.14. The standard InChI is InChI=1S/C22H22N6O3/c29-20(13-30-19-6-5-18-25-23-14-28(18)26-19)27-10-8-22(9-11-27)21-16(7-12-31-22)15-3-1-2-4-17(15)24-21/h1-6,14,24H,7-13H2. The average Bonchev–Trinajstić information content (AvgIpc) is 3.43. The van der Waals surface area contributed by atoms with E-state index in [0.717, 1.165) is 24.8 Å². The highest BCUT2D eigenvalue weighted by atomic mass is 16.5. The maximum Gasteiger partial charge on any atom is 0.260 e. The first-order valence-electron chi connectivity index (χ1n) is 10.5. The highest BCUT2D eigenvalue weighted by Gasteiger charge is 2.43. The maximum absolute atomic E-state index is 12.7. The molecule has 5 heterocycles. The Labute approximate surface area is 178 Å². The van der Waals surface area contributed by atoms with Crippen LogP contribution in [0.15, 0.2) is 42.7 Å². The van der Waals surface area contributed by atoms with Crippen LogP contribution in [0.2, 0.25) is 0 Å². The first kappa shape index (κ1) is 18.3. The predicted molar refractivity (Wildman–Crippen MR) is 112 cm³/mol. The van der Waals surface area contributed by atoms with Crippen molar-refractivity contribution < 1.29 is 14.3 Å². The number of amides is 1. The number of rotatable bonds is 3. The molecule has 1 amide bonds. The number of H-pyrrole nitrogens is 1. The van der Waals surface area contributed by atoms with E-state index in [9.17, 15) is 4.79 Å². The van der Waals surface area contributed by atoms with Crippen molar-refractivity contribution in [2.24, 2.45) is 0 Å². The third-order valence-electron chi connectivity index (χ3n) is 6.40. The fourth-order valence-electron chi connectivity index (χ4n) is 4.80. The summed E-state index contributed by atoms with van der Waals surface area (Å²) in [4.78, 5) is 18.2. The second kappa shape index (κ2) is 7.05. The van der Waals surface area contributed by atoms with E-state index < -0.39 is 0 Å². The van der Waals surface area contributed by atoms with E-state index >= 15 is 0 Å². The number of nitrogens with one attached hydrogen (secondary N) is 1. The Morgan fingerprint density at radius 3 is 2.97 bits per heavy atom. The molecule has 1 spiro atoms. The topological polar surface area (TPSA) is 97.6 Å². The number of aromatic nitrogens is 5. The van der Waals surface area contributed by atoms with Crippen LogP contribution in [-0.4, -0.2) is 61.9 Å². The summed E-state index contributed by atoms with van der Waals surface area (Å²) in [5.41, 5.74) is 3.99. The number of likely N-dealkylation sites (tertiary alicyclic amines) is 1. The van der Waals surface area contributed by atoms with Crippen LogP contribution in [0.25, 0.3) is 16.6 Å². The Kier molecular flexibility index (Phi) is 4.17. The molecule has 9 nitrogen and oxygen atoms in total. The third-order valence-corrected chi connectivity index (χ3v) is 6.40. The van der Waals surface area contributed by atoms with E-state index in [1.165, 1.54) is 27.5 Å². The summed E-state index contributed by atoms with van der Waals surface area (Å²) < 4.78 is 13.5. The maximum atomic E-state index is 12.7. The number of benzene rings is 1. The number of ether oxygens (including phenoxy) is 2. The van der Waals surface area contributed by atoms with Gasteiger partial charge in [-0.15, -0.1) is 15.3 Å². The van der Waals surface area contributed by atoms with Crippen LogP contribution in [0.3, 0.4) is 0 Å². The van der Waals surface area contributed by atoms with Gasteiger partial charge in [-0.2, -0.15) is 4.52 Å². The second-order valence-electron chi connectivity index (χ2n) is 8.09. The van der Waals surface area contributed by atoms with Gasteiger partial charge in [-0.05, 0) is 37.0 Å². The highest BCUT2D eigenvalue weighted by molar-refractivity contribution is 5.85. The largest absolute Gasteiger partial charge is 0.467 e. The fourth-order valence-corrected chi connectivity index (χ4v) is 4.80. The molecule has 1 fully saturated rings. The summed E-state index contributed by atoms with van der Waals surface area (Å²) in [5, 5.41) is 13.2. The summed E-state index contributed by atoms with van der Waals surface area (Å²) in [6.07, 6.45) is 3.95. The molecule has 0 saturated carbocycles. The molecule has 158 valence electrons. The molecule has 2 aliphatic heterocycles. The Morgan fingerprint density at radius 2 is 2.06 bits per heavy atom. The molecule has 1 aromatic carbocycles. The van der Waals surface area contributed by atoms with E-state index in [2.05, 4.69) is 44.5 Å². The van der Waals surface area contributed by atoms with Crippen molar-refractivity contribution in [3.05, 3.63) is 54.0 Å². The zero-order valence-electron chi connectivity index (χ0n) is 17.0. The van der Waals surface area contributed by atoms with Crippen molar-refractivity contribution in [2.45, 2.75) is 24.9 Å². The van der Waals surface area contributed by atoms with Gasteiger partial charge in [0, 0.05) is 30.1 Å². The van der Waals surface area contributed by atoms with Crippen molar-refractivity contribution in [1.29, 1.82) is 0 Å². The summed E-state index contributed by atoms with van der Waals surface area (Å²) >= 11 is 0. The van der Waals surface area contributed by atoms with E-state index in [1.54, 1.807) is 12.1 Å². The minimum atomic E-state index is -0.342. The number of hydrogen-bond acceptors (Lipinski definition) is 6. The van der Waals surface area contributed by atoms with Crippen molar-refractivity contribution in [2.75, 3.05) is 26.3 Å². The smallest absolute Gasteiger partial charge is 0.260 e. The predicted octanol–water partition coefficient (Wildman–Crippen LogP) is 2.07. The minimum Gasteiger partial charge on any atom is -0.467 e. The van der Waals surface area contributed by atoms with Crippen molar-refractivity contribution in [3.63, 3.8) is 0 Å². The molecule has 31 heavy (non-hydrogen) atoms. The van der Waals surface area contributed by atoms with Gasteiger partial charge in [-0.1, -0.05) is 18.2 Å². The lowest BCUT2D eigenvalue weighted by Gasteiger charge is -2.43. The van der Waals surface area contributed by atoms with E-state index in [-0.39, 0.29) is 18.1 Å². The number of piperidine rings is 1. The van der Waals surface area contributed by atoms with Gasteiger partial charge in [0.15, 0.2) is 12.3 Å². The number of carbonyl (C=O) groups excluding carboxylic acids is 1. The molecule has 0 aliphatic carbocycles. The Hall–Kier alpha value is -3.46. The van der Waals surface area contributed by atoms with Gasteiger partial charge in [-0.3, -0.25) is 4.79 Å². The lowest BCUT2D eigenvalue weighted by Crippen LogP contribution is -2.49. The molecule has 0 atom stereocenters. The zero-order chi connectivity index (χ0) is 20.8. The fraction of sp³-hybridized carbons (Fsp3) is 0.364. The molecule has 0 radical (unpaired) electrons. The van der Waals surface area contributed by atoms with Crippen molar-refractivity contribution in [3.8, 4) is 5.88 Å². The van der Waals surface area contributed by atoms with Crippen LogP contribution in [0, 0.1) is 0 Å². The van der Waals surface area contributed by atoms with E-state index in [1.807, 2.05) is 4.90 Å².